The highest BCUT2D eigenvalue weighted by molar-refractivity contribution is 7.47. The van der Waals surface area contributed by atoms with E-state index in [-0.39, 0.29) is 12.4 Å². The second kappa shape index (κ2) is 20.0. The lowest BCUT2D eigenvalue weighted by Gasteiger charge is -2.28. The average molecular weight is 671 g/mol. The van der Waals surface area contributed by atoms with Crippen LogP contribution in [0.2, 0.25) is 0 Å². The van der Waals surface area contributed by atoms with E-state index in [0.717, 1.165) is 13.0 Å². The molecule has 1 aliphatic heterocycles. The lowest BCUT2D eigenvalue weighted by atomic mass is 9.92. The van der Waals surface area contributed by atoms with Gasteiger partial charge in [0.05, 0.1) is 18.4 Å². The first-order valence-electron chi connectivity index (χ1n) is 17.5. The van der Waals surface area contributed by atoms with Crippen molar-refractivity contribution in [2.45, 2.75) is 154 Å². The molecule has 12 nitrogen and oxygen atoms in total. The standard InChI is InChI=1S/C33H59N4O8P/c1-4-5-6-7-8-9-10-11-12-13-14-15-16-17-22-42-23-18-19-24-43-46(40,41)45-26(2)30-29(38)31(39)33(3,44-30)28-21-20-27-32(34)35-25-36-37(27)28/h20-21,25-26,29-31,38-39H,4-19,22-24H2,1-3H3,(H,40,41)(H2,34,35,36)/t26-,29+,30?,31+,33-/m0/s1. The van der Waals surface area contributed by atoms with E-state index in [1.807, 2.05) is 0 Å². The van der Waals surface area contributed by atoms with Crippen LogP contribution in [0.5, 0.6) is 0 Å². The topological polar surface area (TPSA) is 171 Å². The van der Waals surface area contributed by atoms with Crippen LogP contribution in [0.1, 0.15) is 129 Å². The van der Waals surface area contributed by atoms with Gasteiger partial charge in [-0.25, -0.2) is 14.1 Å². The summed E-state index contributed by atoms with van der Waals surface area (Å²) in [5.74, 6) is 0.251. The first kappa shape index (κ1) is 38.8. The Hall–Kier alpha value is -1.63. The first-order chi connectivity index (χ1) is 22.1. The Bertz CT molecular complexity index is 1190. The van der Waals surface area contributed by atoms with Crippen molar-refractivity contribution in [3.63, 3.8) is 0 Å². The number of nitrogens with two attached hydrogens (primary N) is 1. The number of aromatic nitrogens is 3. The smallest absolute Gasteiger partial charge is 0.387 e. The number of anilines is 1. The van der Waals surface area contributed by atoms with Crippen LogP contribution in [0.25, 0.3) is 5.52 Å². The molecule has 2 aromatic heterocycles. The van der Waals surface area contributed by atoms with Gasteiger partial charge in [0.2, 0.25) is 0 Å². The number of unbranched alkanes of at least 4 members (excludes halogenated alkanes) is 14. The molecule has 0 amide bonds. The van der Waals surface area contributed by atoms with Crippen LogP contribution in [0, 0.1) is 0 Å². The number of fused-ring (bicyclic) bond motifs is 1. The molecule has 1 saturated heterocycles. The second-order valence-corrected chi connectivity index (χ2v) is 14.2. The van der Waals surface area contributed by atoms with Crippen LogP contribution in [0.15, 0.2) is 18.5 Å². The van der Waals surface area contributed by atoms with Crippen molar-refractivity contribution in [2.24, 2.45) is 0 Å². The molecule has 46 heavy (non-hydrogen) atoms. The molecule has 13 heteroatoms. The summed E-state index contributed by atoms with van der Waals surface area (Å²) in [6.07, 6.45) is 16.1. The summed E-state index contributed by atoms with van der Waals surface area (Å²) in [7, 11) is -4.44. The summed E-state index contributed by atoms with van der Waals surface area (Å²) in [5.41, 5.74) is 5.48. The third-order valence-electron chi connectivity index (χ3n) is 8.94. The van der Waals surface area contributed by atoms with Crippen LogP contribution < -0.4 is 5.73 Å². The molecule has 2 aromatic rings. The number of nitrogens with zero attached hydrogens (tertiary/aromatic N) is 3. The third-order valence-corrected chi connectivity index (χ3v) is 10.0. The van der Waals surface area contributed by atoms with E-state index in [9.17, 15) is 19.7 Å². The fraction of sp³-hybridized carbons (Fsp3) is 0.818. The van der Waals surface area contributed by atoms with Crippen LogP contribution >= 0.6 is 7.82 Å². The second-order valence-electron chi connectivity index (χ2n) is 12.8. The molecule has 1 fully saturated rings. The average Bonchev–Trinajstić information content (AvgIpc) is 3.57. The van der Waals surface area contributed by atoms with Crippen molar-refractivity contribution in [1.29, 1.82) is 0 Å². The molecule has 264 valence electrons. The Morgan fingerprint density at radius 1 is 0.935 bits per heavy atom. The Balaban J connectivity index is 1.22. The highest BCUT2D eigenvalue weighted by atomic mass is 31.2. The molecular weight excluding hydrogens is 611 g/mol. The van der Waals surface area contributed by atoms with Gasteiger partial charge >= 0.3 is 7.82 Å². The number of hydrogen-bond donors (Lipinski definition) is 4. The zero-order chi connectivity index (χ0) is 33.4. The molecule has 3 heterocycles. The molecule has 1 aliphatic rings. The molecule has 0 saturated carbocycles. The van der Waals surface area contributed by atoms with E-state index in [2.05, 4.69) is 17.0 Å². The maximum absolute atomic E-state index is 12.6. The summed E-state index contributed by atoms with van der Waals surface area (Å²) in [5, 5.41) is 25.9. The van der Waals surface area contributed by atoms with Gasteiger partial charge in [-0.2, -0.15) is 5.10 Å². The predicted molar refractivity (Wildman–Crippen MR) is 178 cm³/mol. The first-order valence-corrected chi connectivity index (χ1v) is 19.0. The summed E-state index contributed by atoms with van der Waals surface area (Å²) in [6, 6.07) is 3.36. The molecule has 0 aromatic carbocycles. The lowest BCUT2D eigenvalue weighted by Crippen LogP contribution is -2.40. The summed E-state index contributed by atoms with van der Waals surface area (Å²) >= 11 is 0. The van der Waals surface area contributed by atoms with Crippen molar-refractivity contribution in [2.75, 3.05) is 25.6 Å². The SMILES string of the molecule is CCCCCCCCCCCCCCCCOCCCCOP(=O)(O)O[C@@H](C)C1O[C@@](C)(c2ccc3c(N)ncnn23)[C@H](O)[C@@H]1O. The number of nitrogen functional groups attached to an aromatic ring is 1. The van der Waals surface area contributed by atoms with E-state index in [1.165, 1.54) is 101 Å². The van der Waals surface area contributed by atoms with Crippen molar-refractivity contribution in [3.05, 3.63) is 24.2 Å². The highest BCUT2D eigenvalue weighted by Gasteiger charge is 2.56. The van der Waals surface area contributed by atoms with Crippen LogP contribution in [0.3, 0.4) is 0 Å². The quantitative estimate of drug-likeness (QED) is 0.0676. The number of aliphatic hydroxyl groups is 2. The maximum atomic E-state index is 12.6. The van der Waals surface area contributed by atoms with Crippen LogP contribution in [-0.2, 0) is 28.7 Å². The molecule has 0 spiro atoms. The lowest BCUT2D eigenvalue weighted by molar-refractivity contribution is -0.106. The summed E-state index contributed by atoms with van der Waals surface area (Å²) in [6.45, 7) is 6.67. The number of ether oxygens (including phenoxy) is 2. The Morgan fingerprint density at radius 3 is 2.09 bits per heavy atom. The van der Waals surface area contributed by atoms with E-state index in [4.69, 9.17) is 24.3 Å². The zero-order valence-corrected chi connectivity index (χ0v) is 29.1. The van der Waals surface area contributed by atoms with E-state index in [1.54, 1.807) is 19.1 Å². The van der Waals surface area contributed by atoms with Gasteiger partial charge in [-0.1, -0.05) is 90.4 Å². The van der Waals surface area contributed by atoms with Gasteiger partial charge in [0, 0.05) is 13.2 Å². The van der Waals surface area contributed by atoms with E-state index in [0.29, 0.717) is 30.7 Å². The highest BCUT2D eigenvalue weighted by Crippen LogP contribution is 2.48. The normalized spacial score (nSPS) is 23.7. The number of aliphatic hydroxyl groups excluding tert-OH is 2. The molecule has 3 rings (SSSR count). The van der Waals surface area contributed by atoms with Gasteiger partial charge in [-0.15, -0.1) is 0 Å². The van der Waals surface area contributed by atoms with Gasteiger partial charge in [0.25, 0.3) is 0 Å². The minimum atomic E-state index is -4.44. The number of phosphoric acid groups is 1. The van der Waals surface area contributed by atoms with Gasteiger partial charge in [0.15, 0.2) is 5.82 Å². The molecule has 0 aliphatic carbocycles. The number of rotatable bonds is 25. The van der Waals surface area contributed by atoms with Crippen molar-refractivity contribution < 1.29 is 38.2 Å². The van der Waals surface area contributed by atoms with Crippen molar-refractivity contribution in [3.8, 4) is 0 Å². The van der Waals surface area contributed by atoms with E-state index >= 15 is 0 Å². The van der Waals surface area contributed by atoms with Gasteiger partial charge in [-0.3, -0.25) is 9.05 Å². The van der Waals surface area contributed by atoms with Crippen LogP contribution in [0.4, 0.5) is 5.82 Å². The maximum Gasteiger partial charge on any atom is 0.472 e. The van der Waals surface area contributed by atoms with Crippen molar-refractivity contribution >= 4 is 19.2 Å². The number of phosphoric ester groups is 1. The number of hydrogen-bond acceptors (Lipinski definition) is 10. The van der Waals surface area contributed by atoms with Gasteiger partial charge in [-0.05, 0) is 45.2 Å². The van der Waals surface area contributed by atoms with E-state index < -0.39 is 37.8 Å². The van der Waals surface area contributed by atoms with Gasteiger partial charge < -0.3 is 30.3 Å². The predicted octanol–water partition coefficient (Wildman–Crippen LogP) is 6.45. The Kier molecular flexibility index (Phi) is 16.9. The fourth-order valence-corrected chi connectivity index (χ4v) is 7.09. The third kappa shape index (κ3) is 11.8. The van der Waals surface area contributed by atoms with Crippen molar-refractivity contribution in [1.82, 2.24) is 14.6 Å². The molecular formula is C33H59N4O8P. The zero-order valence-electron chi connectivity index (χ0n) is 28.2. The molecule has 2 unspecified atom stereocenters. The molecule has 0 bridgehead atoms. The fourth-order valence-electron chi connectivity index (χ4n) is 6.13. The Labute approximate surface area is 275 Å². The minimum Gasteiger partial charge on any atom is -0.387 e. The van der Waals surface area contributed by atoms with Crippen LogP contribution in [-0.4, -0.2) is 73.9 Å². The monoisotopic (exact) mass is 670 g/mol. The molecule has 5 N–H and O–H groups in total. The largest absolute Gasteiger partial charge is 0.472 e. The minimum absolute atomic E-state index is 0.0222. The van der Waals surface area contributed by atoms with Gasteiger partial charge in [0.1, 0.15) is 35.8 Å². The Morgan fingerprint density at radius 2 is 1.48 bits per heavy atom. The molecule has 0 radical (unpaired) electrons. The summed E-state index contributed by atoms with van der Waals surface area (Å²) in [4.78, 5) is 14.2. The molecule has 6 atom stereocenters. The summed E-state index contributed by atoms with van der Waals surface area (Å²) < 4.78 is 36.3.